The van der Waals surface area contributed by atoms with Gasteiger partial charge in [0, 0.05) is 10.7 Å². The number of anilines is 1. The van der Waals surface area contributed by atoms with E-state index in [-0.39, 0.29) is 0 Å². The molecule has 0 bridgehead atoms. The Bertz CT molecular complexity index is 635. The molecule has 5 heteroatoms. The summed E-state index contributed by atoms with van der Waals surface area (Å²) in [6.07, 6.45) is 1.61. The number of hydrogen-bond acceptors (Lipinski definition) is 4. The molecule has 0 saturated carbocycles. The van der Waals surface area contributed by atoms with Crippen molar-refractivity contribution in [1.82, 2.24) is 4.98 Å². The van der Waals surface area contributed by atoms with Gasteiger partial charge >= 0.3 is 0 Å². The first kappa shape index (κ1) is 12.4. The van der Waals surface area contributed by atoms with Gasteiger partial charge in [0.05, 0.1) is 17.3 Å². The van der Waals surface area contributed by atoms with E-state index >= 15 is 0 Å². The van der Waals surface area contributed by atoms with E-state index in [1.807, 2.05) is 13.0 Å². The molecule has 0 saturated heterocycles. The molecule has 0 atom stereocenters. The highest BCUT2D eigenvalue weighted by Crippen LogP contribution is 2.29. The zero-order chi connectivity index (χ0) is 13.1. The molecule has 0 aliphatic rings. The first-order valence-electron chi connectivity index (χ1n) is 5.20. The third-order valence-corrected chi connectivity index (χ3v) is 2.80. The molecule has 0 unspecified atom stereocenters. The van der Waals surface area contributed by atoms with Gasteiger partial charge in [0.1, 0.15) is 5.75 Å². The largest absolute Gasteiger partial charge is 0.437 e. The highest BCUT2D eigenvalue weighted by molar-refractivity contribution is 9.10. The number of rotatable bonds is 2. The minimum Gasteiger partial charge on any atom is -0.437 e. The molecule has 0 aliphatic carbocycles. The molecular formula is C13H10BrN3O. The summed E-state index contributed by atoms with van der Waals surface area (Å²) in [6, 6.07) is 9.00. The molecular weight excluding hydrogens is 294 g/mol. The van der Waals surface area contributed by atoms with Gasteiger partial charge in [-0.2, -0.15) is 5.26 Å². The monoisotopic (exact) mass is 303 g/mol. The first-order valence-corrected chi connectivity index (χ1v) is 5.99. The number of benzene rings is 1. The van der Waals surface area contributed by atoms with Crippen LogP contribution < -0.4 is 10.5 Å². The van der Waals surface area contributed by atoms with Crippen LogP contribution in [0.1, 0.15) is 11.1 Å². The highest BCUT2D eigenvalue weighted by atomic mass is 79.9. The second-order valence-corrected chi connectivity index (χ2v) is 4.66. The van der Waals surface area contributed by atoms with Crippen LogP contribution in [0.4, 0.5) is 5.69 Å². The Morgan fingerprint density at radius 1 is 1.39 bits per heavy atom. The molecule has 18 heavy (non-hydrogen) atoms. The van der Waals surface area contributed by atoms with Crippen molar-refractivity contribution in [2.24, 2.45) is 0 Å². The fourth-order valence-electron chi connectivity index (χ4n) is 1.41. The van der Waals surface area contributed by atoms with Crippen molar-refractivity contribution in [3.63, 3.8) is 0 Å². The third kappa shape index (κ3) is 2.60. The van der Waals surface area contributed by atoms with Gasteiger partial charge in [0.25, 0.3) is 0 Å². The predicted molar refractivity (Wildman–Crippen MR) is 72.3 cm³/mol. The van der Waals surface area contributed by atoms with E-state index in [0.717, 1.165) is 10.0 Å². The Balaban J connectivity index is 2.37. The Hall–Kier alpha value is -2.06. The van der Waals surface area contributed by atoms with Gasteiger partial charge in [0.15, 0.2) is 0 Å². The molecule has 0 fully saturated rings. The van der Waals surface area contributed by atoms with Crippen molar-refractivity contribution in [3.05, 3.63) is 46.1 Å². The molecule has 1 heterocycles. The lowest BCUT2D eigenvalue weighted by atomic mass is 10.1. The maximum Gasteiger partial charge on any atom is 0.242 e. The molecule has 1 aromatic heterocycles. The standard InChI is InChI=1S/C13H10BrN3O/c1-8-2-3-9(6-15)4-12(8)18-13-11(16)5-10(14)7-17-13/h2-5,7H,16H2,1H3. The van der Waals surface area contributed by atoms with Gasteiger partial charge < -0.3 is 10.5 Å². The molecule has 90 valence electrons. The number of nitriles is 1. The lowest BCUT2D eigenvalue weighted by molar-refractivity contribution is 0.462. The molecule has 0 amide bonds. The lowest BCUT2D eigenvalue weighted by Gasteiger charge is -2.10. The number of aryl methyl sites for hydroxylation is 1. The third-order valence-electron chi connectivity index (χ3n) is 2.37. The summed E-state index contributed by atoms with van der Waals surface area (Å²) in [5.74, 6) is 0.909. The summed E-state index contributed by atoms with van der Waals surface area (Å²) < 4.78 is 6.42. The smallest absolute Gasteiger partial charge is 0.242 e. The summed E-state index contributed by atoms with van der Waals surface area (Å²) in [5, 5.41) is 8.86. The van der Waals surface area contributed by atoms with Crippen LogP contribution in [0.15, 0.2) is 34.9 Å². The average Bonchev–Trinajstić information content (AvgIpc) is 2.35. The summed E-state index contributed by atoms with van der Waals surface area (Å²) in [6.45, 7) is 1.89. The molecule has 2 N–H and O–H groups in total. The van der Waals surface area contributed by atoms with E-state index in [0.29, 0.717) is 22.9 Å². The molecule has 4 nitrogen and oxygen atoms in total. The van der Waals surface area contributed by atoms with Gasteiger partial charge in [-0.1, -0.05) is 6.07 Å². The van der Waals surface area contributed by atoms with Gasteiger partial charge in [-0.3, -0.25) is 0 Å². The second kappa shape index (κ2) is 5.07. The maximum atomic E-state index is 8.86. The zero-order valence-corrected chi connectivity index (χ0v) is 11.2. The number of ether oxygens (including phenoxy) is 1. The summed E-state index contributed by atoms with van der Waals surface area (Å²) in [7, 11) is 0. The molecule has 2 rings (SSSR count). The number of nitrogens with zero attached hydrogens (tertiary/aromatic N) is 2. The van der Waals surface area contributed by atoms with E-state index < -0.39 is 0 Å². The van der Waals surface area contributed by atoms with Crippen molar-refractivity contribution >= 4 is 21.6 Å². The van der Waals surface area contributed by atoms with Gasteiger partial charge in [-0.15, -0.1) is 0 Å². The molecule has 1 aromatic carbocycles. The van der Waals surface area contributed by atoms with Crippen LogP contribution in [0.3, 0.4) is 0 Å². The molecule has 0 spiro atoms. The van der Waals surface area contributed by atoms with Crippen LogP contribution in [0, 0.1) is 18.3 Å². The highest BCUT2D eigenvalue weighted by Gasteiger charge is 2.07. The van der Waals surface area contributed by atoms with Gasteiger partial charge in [-0.05, 0) is 46.6 Å². The van der Waals surface area contributed by atoms with Gasteiger partial charge in [-0.25, -0.2) is 4.98 Å². The number of halogens is 1. The van der Waals surface area contributed by atoms with E-state index in [9.17, 15) is 0 Å². The maximum absolute atomic E-state index is 8.86. The normalized spacial score (nSPS) is 9.83. The Labute approximate surface area is 113 Å². The van der Waals surface area contributed by atoms with Crippen LogP contribution in [0.25, 0.3) is 0 Å². The molecule has 0 radical (unpaired) electrons. The Kier molecular flexibility index (Phi) is 3.49. The molecule has 2 aromatic rings. The second-order valence-electron chi connectivity index (χ2n) is 3.74. The Morgan fingerprint density at radius 2 is 2.17 bits per heavy atom. The van der Waals surface area contributed by atoms with Crippen LogP contribution >= 0.6 is 15.9 Å². The zero-order valence-electron chi connectivity index (χ0n) is 9.64. The van der Waals surface area contributed by atoms with E-state index in [2.05, 4.69) is 27.0 Å². The van der Waals surface area contributed by atoms with Gasteiger partial charge in [0.2, 0.25) is 5.88 Å². The minimum atomic E-state index is 0.330. The van der Waals surface area contributed by atoms with E-state index in [1.165, 1.54) is 0 Å². The summed E-state index contributed by atoms with van der Waals surface area (Å²) >= 11 is 3.28. The van der Waals surface area contributed by atoms with Crippen molar-refractivity contribution in [1.29, 1.82) is 5.26 Å². The fraction of sp³-hybridized carbons (Fsp3) is 0.0769. The minimum absolute atomic E-state index is 0.330. The van der Waals surface area contributed by atoms with E-state index in [4.69, 9.17) is 15.7 Å². The van der Waals surface area contributed by atoms with Crippen LogP contribution in [0.2, 0.25) is 0 Å². The topological polar surface area (TPSA) is 71.9 Å². The van der Waals surface area contributed by atoms with Crippen molar-refractivity contribution in [2.45, 2.75) is 6.92 Å². The van der Waals surface area contributed by atoms with E-state index in [1.54, 1.807) is 24.4 Å². The number of aromatic nitrogens is 1. The summed E-state index contributed by atoms with van der Waals surface area (Å²) in [4.78, 5) is 4.09. The molecule has 0 aliphatic heterocycles. The predicted octanol–water partition coefficient (Wildman–Crippen LogP) is 3.40. The lowest BCUT2D eigenvalue weighted by Crippen LogP contribution is -1.96. The summed E-state index contributed by atoms with van der Waals surface area (Å²) in [5.41, 5.74) is 7.69. The van der Waals surface area contributed by atoms with Crippen LogP contribution in [0.5, 0.6) is 11.6 Å². The quantitative estimate of drug-likeness (QED) is 0.923. The Morgan fingerprint density at radius 3 is 2.83 bits per heavy atom. The number of hydrogen-bond donors (Lipinski definition) is 1. The number of nitrogen functional groups attached to an aromatic ring is 1. The van der Waals surface area contributed by atoms with Crippen LogP contribution in [-0.2, 0) is 0 Å². The van der Waals surface area contributed by atoms with Crippen LogP contribution in [-0.4, -0.2) is 4.98 Å². The first-order chi connectivity index (χ1) is 8.60. The fourth-order valence-corrected chi connectivity index (χ4v) is 1.76. The van der Waals surface area contributed by atoms with Crippen molar-refractivity contribution < 1.29 is 4.74 Å². The number of pyridine rings is 1. The number of nitrogens with two attached hydrogens (primary N) is 1. The SMILES string of the molecule is Cc1ccc(C#N)cc1Oc1ncc(Br)cc1N. The van der Waals surface area contributed by atoms with Crippen molar-refractivity contribution in [3.8, 4) is 17.7 Å². The average molecular weight is 304 g/mol. The van der Waals surface area contributed by atoms with Crippen molar-refractivity contribution in [2.75, 3.05) is 5.73 Å².